The van der Waals surface area contributed by atoms with Gasteiger partial charge in [-0.2, -0.15) is 0 Å². The average molecular weight is 288 g/mol. The molecule has 2 aliphatic heterocycles. The predicted molar refractivity (Wildman–Crippen MR) is 67.1 cm³/mol. The lowest BCUT2D eigenvalue weighted by molar-refractivity contribution is -0.142. The van der Waals surface area contributed by atoms with Crippen LogP contribution in [0.25, 0.3) is 0 Å². The number of amides is 2. The topological polar surface area (TPSA) is 104 Å². The van der Waals surface area contributed by atoms with Gasteiger partial charge < -0.3 is 15.3 Å². The first kappa shape index (κ1) is 13.9. The normalized spacial score (nSPS) is 32.5. The number of hydrogen-bond acceptors (Lipinski definition) is 4. The van der Waals surface area contributed by atoms with Crippen LogP contribution in [0.5, 0.6) is 0 Å². The number of carboxylic acid groups (broad SMARTS) is 1. The second-order valence-electron chi connectivity index (χ2n) is 5.04. The van der Waals surface area contributed by atoms with Gasteiger partial charge in [-0.05, 0) is 12.0 Å². The summed E-state index contributed by atoms with van der Waals surface area (Å²) in [6, 6.07) is -0.945. The number of carboxylic acids is 1. The van der Waals surface area contributed by atoms with Crippen molar-refractivity contribution in [1.82, 2.24) is 10.2 Å². The van der Waals surface area contributed by atoms with Crippen molar-refractivity contribution in [2.24, 2.45) is 11.8 Å². The Hall–Kier alpha value is -1.57. The largest absolute Gasteiger partial charge is 0.481 e. The molecule has 2 aliphatic rings. The van der Waals surface area contributed by atoms with Gasteiger partial charge in [-0.3, -0.25) is 4.79 Å². The maximum Gasteiger partial charge on any atom is 0.317 e. The molecule has 1 saturated heterocycles. The van der Waals surface area contributed by atoms with Crippen molar-refractivity contribution in [3.8, 4) is 0 Å². The Morgan fingerprint density at radius 2 is 2.05 bits per heavy atom. The van der Waals surface area contributed by atoms with Crippen LogP contribution < -0.4 is 5.32 Å². The third kappa shape index (κ3) is 3.06. The lowest BCUT2D eigenvalue weighted by atomic mass is 9.99. The van der Waals surface area contributed by atoms with Crippen LogP contribution in [0, 0.1) is 11.8 Å². The molecule has 8 heteroatoms. The number of rotatable bonds is 2. The van der Waals surface area contributed by atoms with E-state index in [4.69, 9.17) is 5.11 Å². The maximum atomic E-state index is 11.9. The molecule has 7 nitrogen and oxygen atoms in total. The van der Waals surface area contributed by atoms with Gasteiger partial charge in [0.25, 0.3) is 0 Å². The van der Waals surface area contributed by atoms with Crippen LogP contribution in [0.3, 0.4) is 0 Å². The molecule has 2 amide bonds. The molecule has 2 heterocycles. The molecule has 0 bridgehead atoms. The van der Waals surface area contributed by atoms with Crippen molar-refractivity contribution < 1.29 is 23.1 Å². The smallest absolute Gasteiger partial charge is 0.317 e. The zero-order valence-corrected chi connectivity index (χ0v) is 11.3. The number of likely N-dealkylation sites (tertiary alicyclic amines) is 1. The van der Waals surface area contributed by atoms with Crippen LogP contribution in [0.15, 0.2) is 11.5 Å². The van der Waals surface area contributed by atoms with E-state index in [0.717, 1.165) is 5.41 Å². The lowest BCUT2D eigenvalue weighted by Crippen LogP contribution is -2.44. The lowest BCUT2D eigenvalue weighted by Gasteiger charge is -2.19. The number of nitrogens with zero attached hydrogens (tertiary/aromatic N) is 1. The Morgan fingerprint density at radius 1 is 1.37 bits per heavy atom. The van der Waals surface area contributed by atoms with E-state index in [2.05, 4.69) is 5.32 Å². The van der Waals surface area contributed by atoms with Crippen LogP contribution in [0.4, 0.5) is 4.79 Å². The molecule has 0 aromatic heterocycles. The van der Waals surface area contributed by atoms with E-state index < -0.39 is 33.8 Å². The van der Waals surface area contributed by atoms with Gasteiger partial charge in [0.1, 0.15) is 0 Å². The number of aliphatic carboxylic acids is 1. The highest BCUT2D eigenvalue weighted by atomic mass is 32.2. The van der Waals surface area contributed by atoms with Gasteiger partial charge in [0.2, 0.25) is 0 Å². The fourth-order valence-electron chi connectivity index (χ4n) is 2.37. The van der Waals surface area contributed by atoms with Crippen LogP contribution in [-0.2, 0) is 14.6 Å². The first-order chi connectivity index (χ1) is 8.78. The van der Waals surface area contributed by atoms with E-state index >= 15 is 0 Å². The van der Waals surface area contributed by atoms with E-state index in [1.807, 2.05) is 0 Å². The van der Waals surface area contributed by atoms with Gasteiger partial charge in [-0.25, -0.2) is 13.2 Å². The molecule has 0 spiro atoms. The Balaban J connectivity index is 1.92. The number of hydrogen-bond donors (Lipinski definition) is 2. The summed E-state index contributed by atoms with van der Waals surface area (Å²) in [5.41, 5.74) is 0. The average Bonchev–Trinajstić information content (AvgIpc) is 2.82. The minimum atomic E-state index is -3.21. The summed E-state index contributed by atoms with van der Waals surface area (Å²) in [5, 5.41) is 12.7. The second kappa shape index (κ2) is 4.84. The molecule has 2 N–H and O–H groups in total. The molecule has 0 saturated carbocycles. The SMILES string of the molecule is CC1CN(C(=O)NC2C=CS(=O)(=O)C2)CC1C(=O)O. The van der Waals surface area contributed by atoms with Gasteiger partial charge in [0.05, 0.1) is 17.7 Å². The molecular weight excluding hydrogens is 272 g/mol. The third-order valence-corrected chi connectivity index (χ3v) is 4.85. The van der Waals surface area contributed by atoms with Crippen LogP contribution in [0.2, 0.25) is 0 Å². The molecule has 0 aromatic rings. The number of carbonyl (C=O) groups excluding carboxylic acids is 1. The first-order valence-electron chi connectivity index (χ1n) is 5.98. The molecule has 2 rings (SSSR count). The van der Waals surface area contributed by atoms with E-state index in [0.29, 0.717) is 6.54 Å². The molecule has 106 valence electrons. The Bertz CT molecular complexity index is 527. The summed E-state index contributed by atoms with van der Waals surface area (Å²) in [5.74, 6) is -1.71. The third-order valence-electron chi connectivity index (χ3n) is 3.46. The molecule has 0 radical (unpaired) electrons. The maximum absolute atomic E-state index is 11.9. The summed E-state index contributed by atoms with van der Waals surface area (Å²) >= 11 is 0. The number of nitrogens with one attached hydrogen (secondary N) is 1. The number of urea groups is 1. The highest BCUT2D eigenvalue weighted by Gasteiger charge is 2.37. The first-order valence-corrected chi connectivity index (χ1v) is 7.69. The Labute approximate surface area is 111 Å². The molecule has 19 heavy (non-hydrogen) atoms. The van der Waals surface area contributed by atoms with Crippen LogP contribution in [0.1, 0.15) is 6.92 Å². The van der Waals surface area contributed by atoms with Crippen molar-refractivity contribution in [2.45, 2.75) is 13.0 Å². The molecule has 1 fully saturated rings. The summed E-state index contributed by atoms with van der Waals surface area (Å²) < 4.78 is 22.4. The van der Waals surface area contributed by atoms with E-state index in [1.54, 1.807) is 6.92 Å². The zero-order valence-electron chi connectivity index (χ0n) is 10.4. The van der Waals surface area contributed by atoms with Gasteiger partial charge in [-0.1, -0.05) is 6.92 Å². The quantitative estimate of drug-likeness (QED) is 0.723. The molecular formula is C11H16N2O5S. The van der Waals surface area contributed by atoms with E-state index in [-0.39, 0.29) is 18.2 Å². The van der Waals surface area contributed by atoms with Crippen molar-refractivity contribution >= 4 is 21.8 Å². The second-order valence-corrected chi connectivity index (χ2v) is 6.97. The summed E-state index contributed by atoms with van der Waals surface area (Å²) in [6.07, 6.45) is 1.43. The summed E-state index contributed by atoms with van der Waals surface area (Å²) in [4.78, 5) is 24.3. The van der Waals surface area contributed by atoms with Crippen molar-refractivity contribution in [1.29, 1.82) is 0 Å². The fraction of sp³-hybridized carbons (Fsp3) is 0.636. The fourth-order valence-corrected chi connectivity index (χ4v) is 3.60. The number of carbonyl (C=O) groups is 2. The van der Waals surface area contributed by atoms with Gasteiger partial charge in [-0.15, -0.1) is 0 Å². The van der Waals surface area contributed by atoms with E-state index in [9.17, 15) is 18.0 Å². The molecule has 3 atom stereocenters. The monoisotopic (exact) mass is 288 g/mol. The summed E-state index contributed by atoms with van der Waals surface area (Å²) in [6.45, 7) is 2.31. The highest BCUT2D eigenvalue weighted by Crippen LogP contribution is 2.23. The summed E-state index contributed by atoms with van der Waals surface area (Å²) in [7, 11) is -3.21. The Kier molecular flexibility index (Phi) is 3.53. The number of sulfone groups is 1. The van der Waals surface area contributed by atoms with Crippen LogP contribution in [-0.4, -0.2) is 55.3 Å². The predicted octanol–water partition coefficient (Wildman–Crippen LogP) is -0.341. The van der Waals surface area contributed by atoms with Crippen molar-refractivity contribution in [3.05, 3.63) is 11.5 Å². The van der Waals surface area contributed by atoms with E-state index in [1.165, 1.54) is 11.0 Å². The van der Waals surface area contributed by atoms with Crippen molar-refractivity contribution in [3.63, 3.8) is 0 Å². The minimum Gasteiger partial charge on any atom is -0.481 e. The molecule has 0 aliphatic carbocycles. The Morgan fingerprint density at radius 3 is 2.53 bits per heavy atom. The molecule has 3 unspecified atom stereocenters. The zero-order chi connectivity index (χ0) is 14.2. The molecule has 0 aromatic carbocycles. The van der Waals surface area contributed by atoms with Crippen molar-refractivity contribution in [2.75, 3.05) is 18.8 Å². The van der Waals surface area contributed by atoms with Gasteiger partial charge in [0.15, 0.2) is 9.84 Å². The standard InChI is InChI=1S/C11H16N2O5S/c1-7-4-13(5-9(7)10(14)15)11(16)12-8-2-3-19(17,18)6-8/h2-3,7-9H,4-6H2,1H3,(H,12,16)(H,14,15). The van der Waals surface area contributed by atoms with Crippen LogP contribution >= 0.6 is 0 Å². The van der Waals surface area contributed by atoms with Gasteiger partial charge >= 0.3 is 12.0 Å². The highest BCUT2D eigenvalue weighted by molar-refractivity contribution is 7.94. The van der Waals surface area contributed by atoms with Gasteiger partial charge in [0, 0.05) is 18.5 Å². The minimum absolute atomic E-state index is 0.105.